The molecule has 0 aliphatic rings. The third-order valence-corrected chi connectivity index (χ3v) is 5.35. The lowest BCUT2D eigenvalue weighted by Crippen LogP contribution is -2.19. The predicted octanol–water partition coefficient (Wildman–Crippen LogP) is 7.89. The number of hydrogen-bond donors (Lipinski definition) is 0. The molecule has 0 bridgehead atoms. The van der Waals surface area contributed by atoms with E-state index < -0.39 is 51.5 Å². The number of aryl methyl sites for hydroxylation is 1. The zero-order valence-electron chi connectivity index (χ0n) is 15.0. The third-order valence-electron chi connectivity index (χ3n) is 4.20. The number of nitrogens with zero attached hydrogens (tertiary/aromatic N) is 2. The van der Waals surface area contributed by atoms with Gasteiger partial charge in [0.05, 0.1) is 22.4 Å². The van der Waals surface area contributed by atoms with Gasteiger partial charge in [-0.25, -0.2) is 0 Å². The second-order valence-corrected chi connectivity index (χ2v) is 7.55. The highest BCUT2D eigenvalue weighted by molar-refractivity contribution is 7.13. The van der Waals surface area contributed by atoms with E-state index >= 15 is 0 Å². The normalized spacial score (nSPS) is 13.0. The summed E-state index contributed by atoms with van der Waals surface area (Å²) >= 11 is 6.87. The van der Waals surface area contributed by atoms with Gasteiger partial charge in [-0.05, 0) is 30.5 Å². The fraction of sp³-hybridized carbons (Fsp3) is 0.222. The quantitative estimate of drug-likeness (QED) is 0.341. The van der Waals surface area contributed by atoms with Crippen molar-refractivity contribution in [3.8, 4) is 21.6 Å². The monoisotopic (exact) mass is 490 g/mol. The molecule has 166 valence electrons. The van der Waals surface area contributed by atoms with Crippen LogP contribution in [0.15, 0.2) is 29.6 Å². The number of rotatable bonds is 2. The Morgan fingerprint density at radius 1 is 0.774 bits per heavy atom. The molecule has 2 aromatic heterocycles. The first kappa shape index (κ1) is 23.3. The summed E-state index contributed by atoms with van der Waals surface area (Å²) in [4.78, 5) is 0.213. The van der Waals surface area contributed by atoms with Crippen LogP contribution < -0.4 is 0 Å². The first-order valence-corrected chi connectivity index (χ1v) is 9.34. The van der Waals surface area contributed by atoms with E-state index in [0.29, 0.717) is 0 Å². The van der Waals surface area contributed by atoms with Crippen LogP contribution in [0.4, 0.5) is 39.5 Å². The van der Waals surface area contributed by atoms with E-state index in [1.807, 2.05) is 0 Å². The molecule has 1 aromatic carbocycles. The maximum Gasteiger partial charge on any atom is 0.417 e. The van der Waals surface area contributed by atoms with Crippen LogP contribution >= 0.6 is 22.9 Å². The lowest BCUT2D eigenvalue weighted by molar-refractivity contribution is -0.147. The van der Waals surface area contributed by atoms with Crippen molar-refractivity contribution < 1.29 is 39.5 Å². The lowest BCUT2D eigenvalue weighted by atomic mass is 9.88. The molecule has 2 nitrogen and oxygen atoms in total. The second-order valence-electron chi connectivity index (χ2n) is 6.24. The summed E-state index contributed by atoms with van der Waals surface area (Å²) < 4.78 is 122. The summed E-state index contributed by atoms with van der Waals surface area (Å²) in [6.07, 6.45) is -16.6. The standard InChI is InChI=1S/C18H8ClF9N2S/c1-7-12(11-3-2-4-31-11)14(15(19)30-29-7)13-9(17(23,24)25)5-8(16(20,21)22)6-10(13)18(26,27)28/h2-6H,1H3. The Morgan fingerprint density at radius 3 is 1.74 bits per heavy atom. The van der Waals surface area contributed by atoms with Crippen molar-refractivity contribution in [1.82, 2.24) is 10.2 Å². The van der Waals surface area contributed by atoms with E-state index in [1.54, 1.807) is 0 Å². The van der Waals surface area contributed by atoms with Crippen LogP contribution in [0.5, 0.6) is 0 Å². The van der Waals surface area contributed by atoms with Gasteiger partial charge >= 0.3 is 18.5 Å². The fourth-order valence-electron chi connectivity index (χ4n) is 2.98. The van der Waals surface area contributed by atoms with Crippen molar-refractivity contribution in [1.29, 1.82) is 0 Å². The topological polar surface area (TPSA) is 25.8 Å². The highest BCUT2D eigenvalue weighted by Crippen LogP contribution is 2.51. The van der Waals surface area contributed by atoms with Crippen LogP contribution in [0.1, 0.15) is 22.4 Å². The molecule has 0 N–H and O–H groups in total. The molecule has 0 spiro atoms. The number of aromatic nitrogens is 2. The Labute approximate surface area is 177 Å². The summed E-state index contributed by atoms with van der Waals surface area (Å²) in [6.45, 7) is 1.28. The molecule has 0 saturated heterocycles. The van der Waals surface area contributed by atoms with Gasteiger partial charge in [-0.3, -0.25) is 0 Å². The summed E-state index contributed by atoms with van der Waals surface area (Å²) in [6, 6.07) is 2.16. The molecule has 0 saturated carbocycles. The highest BCUT2D eigenvalue weighted by atomic mass is 35.5. The van der Waals surface area contributed by atoms with Crippen LogP contribution in [0.25, 0.3) is 21.6 Å². The van der Waals surface area contributed by atoms with E-state index in [4.69, 9.17) is 11.6 Å². The summed E-state index contributed by atoms with van der Waals surface area (Å²) in [7, 11) is 0. The van der Waals surface area contributed by atoms with Crippen LogP contribution in [-0.2, 0) is 18.5 Å². The van der Waals surface area contributed by atoms with Gasteiger partial charge in [0.1, 0.15) is 0 Å². The van der Waals surface area contributed by atoms with Crippen molar-refractivity contribution in [2.24, 2.45) is 0 Å². The number of alkyl halides is 9. The van der Waals surface area contributed by atoms with Crippen LogP contribution in [0.2, 0.25) is 5.15 Å². The summed E-state index contributed by atoms with van der Waals surface area (Å²) in [5.41, 5.74) is -8.95. The number of thiophene rings is 1. The van der Waals surface area contributed by atoms with Crippen molar-refractivity contribution >= 4 is 22.9 Å². The van der Waals surface area contributed by atoms with Crippen LogP contribution in [-0.4, -0.2) is 10.2 Å². The first-order chi connectivity index (χ1) is 14.1. The molecule has 0 amide bonds. The van der Waals surface area contributed by atoms with Gasteiger partial charge in [-0.15, -0.1) is 16.4 Å². The lowest BCUT2D eigenvalue weighted by Gasteiger charge is -2.23. The van der Waals surface area contributed by atoms with Crippen LogP contribution in [0.3, 0.4) is 0 Å². The Hall–Kier alpha value is -2.34. The first-order valence-electron chi connectivity index (χ1n) is 8.09. The number of hydrogen-bond acceptors (Lipinski definition) is 3. The molecule has 0 unspecified atom stereocenters. The second kappa shape index (κ2) is 7.66. The van der Waals surface area contributed by atoms with Gasteiger partial charge in [0.2, 0.25) is 0 Å². The number of halogens is 10. The Bertz CT molecular complexity index is 1080. The average molecular weight is 491 g/mol. The molecule has 0 aliphatic carbocycles. The molecule has 13 heteroatoms. The average Bonchev–Trinajstić information content (AvgIpc) is 3.14. The maximum absolute atomic E-state index is 13.8. The van der Waals surface area contributed by atoms with E-state index in [1.165, 1.54) is 24.4 Å². The fourth-order valence-corrected chi connectivity index (χ4v) is 4.03. The Kier molecular flexibility index (Phi) is 5.76. The SMILES string of the molecule is Cc1nnc(Cl)c(-c2c(C(F)(F)F)cc(C(F)(F)F)cc2C(F)(F)F)c1-c1cccs1. The summed E-state index contributed by atoms with van der Waals surface area (Å²) in [5.74, 6) is 0. The molecule has 0 aliphatic heterocycles. The molecular weight excluding hydrogens is 483 g/mol. The minimum atomic E-state index is -5.57. The van der Waals surface area contributed by atoms with Gasteiger partial charge in [-0.1, -0.05) is 17.7 Å². The predicted molar refractivity (Wildman–Crippen MR) is 95.5 cm³/mol. The Morgan fingerprint density at radius 2 is 1.32 bits per heavy atom. The maximum atomic E-state index is 13.8. The van der Waals surface area contributed by atoms with E-state index in [2.05, 4.69) is 10.2 Å². The van der Waals surface area contributed by atoms with Crippen molar-refractivity contribution in [3.05, 3.63) is 57.2 Å². The minimum Gasteiger partial charge on any atom is -0.166 e. The zero-order valence-corrected chi connectivity index (χ0v) is 16.5. The van der Waals surface area contributed by atoms with Gasteiger partial charge < -0.3 is 0 Å². The van der Waals surface area contributed by atoms with E-state index in [0.717, 1.165) is 11.3 Å². The van der Waals surface area contributed by atoms with Crippen LogP contribution in [0, 0.1) is 6.92 Å². The molecule has 0 atom stereocenters. The zero-order chi connectivity index (χ0) is 23.4. The third kappa shape index (κ3) is 4.49. The summed E-state index contributed by atoms with van der Waals surface area (Å²) in [5, 5.41) is 7.74. The molecule has 2 heterocycles. The van der Waals surface area contributed by atoms with E-state index in [9.17, 15) is 39.5 Å². The number of benzene rings is 1. The van der Waals surface area contributed by atoms with Crippen molar-refractivity contribution in [2.75, 3.05) is 0 Å². The van der Waals surface area contributed by atoms with E-state index in [-0.39, 0.29) is 28.3 Å². The minimum absolute atomic E-state index is 0.0528. The largest absolute Gasteiger partial charge is 0.417 e. The molecular formula is C18H8ClF9N2S. The van der Waals surface area contributed by atoms with Gasteiger partial charge in [-0.2, -0.15) is 44.6 Å². The molecule has 0 radical (unpaired) electrons. The Balaban J connectivity index is 2.58. The van der Waals surface area contributed by atoms with Gasteiger partial charge in [0, 0.05) is 21.6 Å². The van der Waals surface area contributed by atoms with Crippen molar-refractivity contribution in [2.45, 2.75) is 25.5 Å². The highest BCUT2D eigenvalue weighted by Gasteiger charge is 2.46. The molecule has 3 aromatic rings. The van der Waals surface area contributed by atoms with Gasteiger partial charge in [0.25, 0.3) is 0 Å². The molecule has 3 rings (SSSR count). The molecule has 31 heavy (non-hydrogen) atoms. The smallest absolute Gasteiger partial charge is 0.166 e. The van der Waals surface area contributed by atoms with Crippen molar-refractivity contribution in [3.63, 3.8) is 0 Å². The van der Waals surface area contributed by atoms with Gasteiger partial charge in [0.15, 0.2) is 5.15 Å². The molecule has 0 fully saturated rings.